The zero-order chi connectivity index (χ0) is 21.5. The fourth-order valence-corrected chi connectivity index (χ4v) is 4.27. The molecule has 1 saturated heterocycles. The minimum absolute atomic E-state index is 0.0654. The van der Waals surface area contributed by atoms with E-state index in [0.29, 0.717) is 18.1 Å². The van der Waals surface area contributed by atoms with Crippen LogP contribution in [0, 0.1) is 11.3 Å². The van der Waals surface area contributed by atoms with Gasteiger partial charge in [-0.3, -0.25) is 0 Å². The Bertz CT molecular complexity index is 1160. The third-order valence-electron chi connectivity index (χ3n) is 5.74. The monoisotopic (exact) mass is 417 g/mol. The summed E-state index contributed by atoms with van der Waals surface area (Å²) in [5.74, 6) is 0.314. The fraction of sp³-hybridized carbons (Fsp3) is 0.364. The molecule has 31 heavy (non-hydrogen) atoms. The normalized spacial score (nSPS) is 20.6. The highest BCUT2D eigenvalue weighted by Gasteiger charge is 2.40. The maximum atomic E-state index is 9.95. The molecule has 0 radical (unpaired) electrons. The van der Waals surface area contributed by atoms with Gasteiger partial charge in [-0.2, -0.15) is 10.4 Å². The van der Waals surface area contributed by atoms with E-state index in [1.54, 1.807) is 17.1 Å². The number of ether oxygens (including phenoxy) is 2. The van der Waals surface area contributed by atoms with Crippen LogP contribution in [0.3, 0.4) is 0 Å². The van der Waals surface area contributed by atoms with Crippen LogP contribution in [0.25, 0.3) is 5.69 Å². The molecule has 158 valence electrons. The Hall–Kier alpha value is -3.64. The second kappa shape index (κ2) is 7.56. The van der Waals surface area contributed by atoms with E-state index in [1.165, 1.54) is 0 Å². The Morgan fingerprint density at radius 2 is 2.06 bits per heavy atom. The topological polar surface area (TPSA) is 117 Å². The second-order valence-electron chi connectivity index (χ2n) is 8.01. The van der Waals surface area contributed by atoms with Crippen LogP contribution in [0.5, 0.6) is 5.88 Å². The van der Waals surface area contributed by atoms with Crippen molar-refractivity contribution in [3.63, 3.8) is 0 Å². The molecular formula is C22H23N7O2. The standard InChI is InChI=1S/C22H23N7O2/c1-13(2)29-22-19(20(26-29)17-4-3-11-30-17)18(16(12-23)21(24)31-22)14-5-7-15(8-6-14)28-10-9-25-27-28/h5-10,13,17-18H,3-4,11,24H2,1-2H3. The van der Waals surface area contributed by atoms with Crippen LogP contribution in [0.2, 0.25) is 0 Å². The van der Waals surface area contributed by atoms with Crippen LogP contribution in [0.1, 0.15) is 61.6 Å². The first-order valence-corrected chi connectivity index (χ1v) is 10.4. The summed E-state index contributed by atoms with van der Waals surface area (Å²) >= 11 is 0. The van der Waals surface area contributed by atoms with Gasteiger partial charge in [0.05, 0.1) is 41.3 Å². The van der Waals surface area contributed by atoms with E-state index >= 15 is 0 Å². The third-order valence-corrected chi connectivity index (χ3v) is 5.74. The van der Waals surface area contributed by atoms with Crippen LogP contribution in [-0.2, 0) is 4.74 Å². The van der Waals surface area contributed by atoms with E-state index < -0.39 is 0 Å². The molecule has 3 aromatic rings. The number of nitrogens with two attached hydrogens (primary N) is 1. The summed E-state index contributed by atoms with van der Waals surface area (Å²) in [5.41, 5.74) is 10.1. The maximum Gasteiger partial charge on any atom is 0.224 e. The van der Waals surface area contributed by atoms with Crippen molar-refractivity contribution in [1.82, 2.24) is 24.8 Å². The van der Waals surface area contributed by atoms with Crippen LogP contribution < -0.4 is 10.5 Å². The van der Waals surface area contributed by atoms with Crippen molar-refractivity contribution in [1.29, 1.82) is 5.26 Å². The lowest BCUT2D eigenvalue weighted by Crippen LogP contribution is -2.23. The van der Waals surface area contributed by atoms with Gasteiger partial charge in [-0.1, -0.05) is 17.3 Å². The molecule has 0 saturated carbocycles. The van der Waals surface area contributed by atoms with Crippen molar-refractivity contribution < 1.29 is 9.47 Å². The predicted octanol–water partition coefficient (Wildman–Crippen LogP) is 3.11. The number of aromatic nitrogens is 5. The Morgan fingerprint density at radius 3 is 2.68 bits per heavy atom. The molecule has 2 aliphatic heterocycles. The van der Waals surface area contributed by atoms with E-state index in [-0.39, 0.29) is 23.9 Å². The van der Waals surface area contributed by atoms with Gasteiger partial charge in [0.25, 0.3) is 0 Å². The molecule has 2 N–H and O–H groups in total. The van der Waals surface area contributed by atoms with Gasteiger partial charge in [-0.25, -0.2) is 9.36 Å². The summed E-state index contributed by atoms with van der Waals surface area (Å²) in [5, 5.41) is 22.7. The lowest BCUT2D eigenvalue weighted by atomic mass is 9.83. The quantitative estimate of drug-likeness (QED) is 0.693. The number of hydrogen-bond acceptors (Lipinski definition) is 7. The smallest absolute Gasteiger partial charge is 0.224 e. The lowest BCUT2D eigenvalue weighted by molar-refractivity contribution is 0.107. The molecule has 0 amide bonds. The van der Waals surface area contributed by atoms with Gasteiger partial charge in [0.2, 0.25) is 11.8 Å². The van der Waals surface area contributed by atoms with Crippen LogP contribution in [0.4, 0.5) is 0 Å². The summed E-state index contributed by atoms with van der Waals surface area (Å²) in [4.78, 5) is 0. The van der Waals surface area contributed by atoms with Crippen molar-refractivity contribution in [3.05, 3.63) is 64.9 Å². The van der Waals surface area contributed by atoms with E-state index in [4.69, 9.17) is 20.3 Å². The Balaban J connectivity index is 1.67. The average Bonchev–Trinajstić information content (AvgIpc) is 3.53. The molecule has 0 bridgehead atoms. The first-order valence-electron chi connectivity index (χ1n) is 10.4. The van der Waals surface area contributed by atoms with Crippen molar-refractivity contribution in [2.24, 2.45) is 5.73 Å². The summed E-state index contributed by atoms with van der Waals surface area (Å²) in [6, 6.07) is 10.2. The van der Waals surface area contributed by atoms with Gasteiger partial charge in [0.15, 0.2) is 0 Å². The molecule has 0 spiro atoms. The van der Waals surface area contributed by atoms with Crippen molar-refractivity contribution in [2.45, 2.75) is 44.8 Å². The zero-order valence-electron chi connectivity index (χ0n) is 17.4. The summed E-state index contributed by atoms with van der Waals surface area (Å²) in [6.07, 6.45) is 5.16. The fourth-order valence-electron chi connectivity index (χ4n) is 4.27. The maximum absolute atomic E-state index is 9.95. The molecule has 9 nitrogen and oxygen atoms in total. The summed E-state index contributed by atoms with van der Waals surface area (Å²) in [7, 11) is 0. The minimum atomic E-state index is -0.384. The van der Waals surface area contributed by atoms with E-state index in [0.717, 1.165) is 35.3 Å². The summed E-state index contributed by atoms with van der Waals surface area (Å²) in [6.45, 7) is 4.78. The molecule has 1 fully saturated rings. The molecule has 4 heterocycles. The molecule has 2 atom stereocenters. The zero-order valence-corrected chi connectivity index (χ0v) is 17.4. The first-order chi connectivity index (χ1) is 15.1. The average molecular weight is 417 g/mol. The van der Waals surface area contributed by atoms with Crippen LogP contribution in [0.15, 0.2) is 48.1 Å². The van der Waals surface area contributed by atoms with Crippen LogP contribution >= 0.6 is 0 Å². The number of nitrogens with zero attached hydrogens (tertiary/aromatic N) is 6. The van der Waals surface area contributed by atoms with Gasteiger partial charge in [0.1, 0.15) is 17.7 Å². The SMILES string of the molecule is CC(C)n1nc(C2CCCO2)c2c1OC(N)=C(C#N)C2c1ccc(-n2ccnn2)cc1. The van der Waals surface area contributed by atoms with Crippen molar-refractivity contribution in [3.8, 4) is 17.6 Å². The highest BCUT2D eigenvalue weighted by molar-refractivity contribution is 5.56. The van der Waals surface area contributed by atoms with E-state index in [2.05, 4.69) is 16.4 Å². The van der Waals surface area contributed by atoms with Crippen LogP contribution in [-0.4, -0.2) is 31.4 Å². The van der Waals surface area contributed by atoms with E-state index in [9.17, 15) is 5.26 Å². The Labute approximate surface area is 179 Å². The van der Waals surface area contributed by atoms with E-state index in [1.807, 2.05) is 42.8 Å². The molecular weight excluding hydrogens is 394 g/mol. The number of nitriles is 1. The Morgan fingerprint density at radius 1 is 1.26 bits per heavy atom. The molecule has 1 aromatic carbocycles. The molecule has 0 aliphatic carbocycles. The first kappa shape index (κ1) is 19.3. The number of allylic oxidation sites excluding steroid dienone is 1. The number of benzene rings is 1. The van der Waals surface area contributed by atoms with Gasteiger partial charge < -0.3 is 15.2 Å². The molecule has 5 rings (SSSR count). The van der Waals surface area contributed by atoms with Crippen molar-refractivity contribution >= 4 is 0 Å². The molecule has 2 unspecified atom stereocenters. The van der Waals surface area contributed by atoms with Gasteiger partial charge in [0, 0.05) is 6.61 Å². The number of rotatable bonds is 4. The lowest BCUT2D eigenvalue weighted by Gasteiger charge is -2.26. The second-order valence-corrected chi connectivity index (χ2v) is 8.01. The molecule has 9 heteroatoms. The van der Waals surface area contributed by atoms with Gasteiger partial charge in [-0.15, -0.1) is 5.10 Å². The number of hydrogen-bond donors (Lipinski definition) is 1. The largest absolute Gasteiger partial charge is 0.422 e. The third kappa shape index (κ3) is 3.16. The highest BCUT2D eigenvalue weighted by atomic mass is 16.5. The minimum Gasteiger partial charge on any atom is -0.422 e. The Kier molecular flexibility index (Phi) is 4.71. The predicted molar refractivity (Wildman–Crippen MR) is 111 cm³/mol. The van der Waals surface area contributed by atoms with Gasteiger partial charge in [-0.05, 0) is 44.4 Å². The highest BCUT2D eigenvalue weighted by Crippen LogP contribution is 2.48. The summed E-state index contributed by atoms with van der Waals surface area (Å²) < 4.78 is 15.4. The molecule has 2 aliphatic rings. The van der Waals surface area contributed by atoms with Crippen molar-refractivity contribution in [2.75, 3.05) is 6.61 Å². The number of fused-ring (bicyclic) bond motifs is 1. The molecule has 2 aromatic heterocycles. The van der Waals surface area contributed by atoms with Gasteiger partial charge >= 0.3 is 0 Å².